The molecule has 0 aliphatic rings. The average molecular weight is 307 g/mol. The maximum Gasteiger partial charge on any atom is 0.252 e. The predicted molar refractivity (Wildman–Crippen MR) is 83.3 cm³/mol. The molecule has 1 atom stereocenters. The molecule has 0 fully saturated rings. The zero-order chi connectivity index (χ0) is 15.4. The second-order valence-electron chi connectivity index (χ2n) is 4.69. The lowest BCUT2D eigenvalue weighted by atomic mass is 10.1. The molecule has 2 rings (SSSR count). The van der Waals surface area contributed by atoms with Gasteiger partial charge in [0.2, 0.25) is 0 Å². The smallest absolute Gasteiger partial charge is 0.252 e. The van der Waals surface area contributed by atoms with Gasteiger partial charge in [-0.05, 0) is 42.8 Å². The standard InChI is InChI=1S/C16H16ClFN2O/c1-10(11-4-3-5-12(18)8-11)20-13-6-7-15(17)14(9-13)16(21)19-2/h3-10,20H,1-2H3,(H,19,21). The van der Waals surface area contributed by atoms with Crippen molar-refractivity contribution in [3.05, 3.63) is 64.4 Å². The van der Waals surface area contributed by atoms with E-state index in [0.29, 0.717) is 10.6 Å². The van der Waals surface area contributed by atoms with Gasteiger partial charge < -0.3 is 10.6 Å². The molecule has 2 N–H and O–H groups in total. The molecule has 0 spiro atoms. The lowest BCUT2D eigenvalue weighted by molar-refractivity contribution is 0.0963. The maximum atomic E-state index is 13.2. The van der Waals surface area contributed by atoms with Crippen molar-refractivity contribution in [1.82, 2.24) is 5.32 Å². The maximum absolute atomic E-state index is 13.2. The highest BCUT2D eigenvalue weighted by atomic mass is 35.5. The van der Waals surface area contributed by atoms with Gasteiger partial charge in [0.05, 0.1) is 10.6 Å². The Hall–Kier alpha value is -2.07. The van der Waals surface area contributed by atoms with Gasteiger partial charge >= 0.3 is 0 Å². The summed E-state index contributed by atoms with van der Waals surface area (Å²) in [7, 11) is 1.55. The van der Waals surface area contributed by atoms with Crippen LogP contribution in [0.25, 0.3) is 0 Å². The molecule has 0 aliphatic carbocycles. The molecule has 0 aromatic heterocycles. The fourth-order valence-electron chi connectivity index (χ4n) is 2.03. The molecule has 0 saturated carbocycles. The number of benzene rings is 2. The molecule has 3 nitrogen and oxygen atoms in total. The van der Waals surface area contributed by atoms with Gasteiger partial charge in [0.25, 0.3) is 5.91 Å². The van der Waals surface area contributed by atoms with Crippen LogP contribution in [0.4, 0.5) is 10.1 Å². The van der Waals surface area contributed by atoms with Crippen molar-refractivity contribution in [1.29, 1.82) is 0 Å². The Balaban J connectivity index is 2.21. The van der Waals surface area contributed by atoms with E-state index < -0.39 is 0 Å². The predicted octanol–water partition coefficient (Wildman–Crippen LogP) is 4.01. The van der Waals surface area contributed by atoms with Gasteiger partial charge in [-0.15, -0.1) is 0 Å². The second-order valence-corrected chi connectivity index (χ2v) is 5.10. The van der Waals surface area contributed by atoms with Crippen LogP contribution in [0.1, 0.15) is 28.9 Å². The van der Waals surface area contributed by atoms with Crippen LogP contribution in [0.3, 0.4) is 0 Å². The normalized spacial score (nSPS) is 11.8. The highest BCUT2D eigenvalue weighted by molar-refractivity contribution is 6.34. The molecular weight excluding hydrogens is 291 g/mol. The zero-order valence-electron chi connectivity index (χ0n) is 11.8. The first kappa shape index (κ1) is 15.3. The number of carbonyl (C=O) groups is 1. The molecule has 0 saturated heterocycles. The number of anilines is 1. The number of hydrogen-bond donors (Lipinski definition) is 2. The summed E-state index contributed by atoms with van der Waals surface area (Å²) in [5.74, 6) is -0.523. The Labute approximate surface area is 128 Å². The van der Waals surface area contributed by atoms with Crippen LogP contribution in [0.2, 0.25) is 5.02 Å². The molecular formula is C16H16ClFN2O. The quantitative estimate of drug-likeness (QED) is 0.896. The number of rotatable bonds is 4. The topological polar surface area (TPSA) is 41.1 Å². The molecule has 0 bridgehead atoms. The van der Waals surface area contributed by atoms with Crippen LogP contribution in [-0.2, 0) is 0 Å². The van der Waals surface area contributed by atoms with Crippen molar-refractivity contribution >= 4 is 23.2 Å². The Bertz CT molecular complexity index is 660. The highest BCUT2D eigenvalue weighted by Gasteiger charge is 2.11. The lowest BCUT2D eigenvalue weighted by Gasteiger charge is -2.17. The molecule has 0 heterocycles. The summed E-state index contributed by atoms with van der Waals surface area (Å²) >= 11 is 6.01. The fourth-order valence-corrected chi connectivity index (χ4v) is 2.24. The summed E-state index contributed by atoms with van der Waals surface area (Å²) in [6.07, 6.45) is 0. The molecule has 0 radical (unpaired) electrons. The van der Waals surface area contributed by atoms with E-state index >= 15 is 0 Å². The van der Waals surface area contributed by atoms with E-state index in [1.54, 1.807) is 31.3 Å². The third kappa shape index (κ3) is 3.73. The van der Waals surface area contributed by atoms with E-state index in [0.717, 1.165) is 11.3 Å². The first-order valence-electron chi connectivity index (χ1n) is 6.55. The summed E-state index contributed by atoms with van der Waals surface area (Å²) in [5, 5.41) is 6.16. The van der Waals surface area contributed by atoms with E-state index in [1.807, 2.05) is 13.0 Å². The summed E-state index contributed by atoms with van der Waals surface area (Å²) in [6, 6.07) is 11.4. The summed E-state index contributed by atoms with van der Waals surface area (Å²) in [5.41, 5.74) is 1.97. The minimum atomic E-state index is -0.275. The minimum Gasteiger partial charge on any atom is -0.378 e. The lowest BCUT2D eigenvalue weighted by Crippen LogP contribution is -2.18. The molecule has 2 aromatic carbocycles. The Kier molecular flexibility index (Phi) is 4.81. The van der Waals surface area contributed by atoms with Crippen LogP contribution < -0.4 is 10.6 Å². The first-order chi connectivity index (χ1) is 10.0. The van der Waals surface area contributed by atoms with Gasteiger partial charge in [0.1, 0.15) is 5.82 Å². The summed E-state index contributed by atoms with van der Waals surface area (Å²) < 4.78 is 13.2. The summed E-state index contributed by atoms with van der Waals surface area (Å²) in [4.78, 5) is 11.7. The van der Waals surface area contributed by atoms with Crippen LogP contribution in [0, 0.1) is 5.82 Å². The third-order valence-electron chi connectivity index (χ3n) is 3.17. The Morgan fingerprint density at radius 1 is 1.24 bits per heavy atom. The monoisotopic (exact) mass is 306 g/mol. The largest absolute Gasteiger partial charge is 0.378 e. The first-order valence-corrected chi connectivity index (χ1v) is 6.92. The molecule has 110 valence electrons. The van der Waals surface area contributed by atoms with E-state index in [-0.39, 0.29) is 17.8 Å². The third-order valence-corrected chi connectivity index (χ3v) is 3.50. The van der Waals surface area contributed by atoms with E-state index in [4.69, 9.17) is 11.6 Å². The van der Waals surface area contributed by atoms with Crippen molar-refractivity contribution in [3.8, 4) is 0 Å². The highest BCUT2D eigenvalue weighted by Crippen LogP contribution is 2.24. The van der Waals surface area contributed by atoms with Crippen LogP contribution in [-0.4, -0.2) is 13.0 Å². The van der Waals surface area contributed by atoms with Crippen molar-refractivity contribution in [3.63, 3.8) is 0 Å². The molecule has 2 aromatic rings. The van der Waals surface area contributed by atoms with Gasteiger partial charge in [0, 0.05) is 18.8 Å². The SMILES string of the molecule is CNC(=O)c1cc(NC(C)c2cccc(F)c2)ccc1Cl. The van der Waals surface area contributed by atoms with Gasteiger partial charge in [-0.2, -0.15) is 0 Å². The number of halogens is 2. The van der Waals surface area contributed by atoms with Crippen molar-refractivity contribution in [2.45, 2.75) is 13.0 Å². The molecule has 1 amide bonds. The van der Waals surface area contributed by atoms with Crippen LogP contribution in [0.15, 0.2) is 42.5 Å². The van der Waals surface area contributed by atoms with Crippen molar-refractivity contribution in [2.24, 2.45) is 0 Å². The minimum absolute atomic E-state index is 0.0978. The molecule has 1 unspecified atom stereocenters. The Morgan fingerprint density at radius 3 is 2.67 bits per heavy atom. The van der Waals surface area contributed by atoms with Crippen molar-refractivity contribution in [2.75, 3.05) is 12.4 Å². The average Bonchev–Trinajstić information content (AvgIpc) is 2.48. The van der Waals surface area contributed by atoms with Crippen LogP contribution in [0.5, 0.6) is 0 Å². The van der Waals surface area contributed by atoms with E-state index in [1.165, 1.54) is 12.1 Å². The second kappa shape index (κ2) is 6.59. The molecule has 21 heavy (non-hydrogen) atoms. The van der Waals surface area contributed by atoms with Gasteiger partial charge in [-0.1, -0.05) is 23.7 Å². The van der Waals surface area contributed by atoms with Gasteiger partial charge in [-0.25, -0.2) is 4.39 Å². The Morgan fingerprint density at radius 2 is 2.00 bits per heavy atom. The summed E-state index contributed by atoms with van der Waals surface area (Å²) in [6.45, 7) is 1.92. The van der Waals surface area contributed by atoms with E-state index in [9.17, 15) is 9.18 Å². The van der Waals surface area contributed by atoms with Crippen molar-refractivity contribution < 1.29 is 9.18 Å². The van der Waals surface area contributed by atoms with E-state index in [2.05, 4.69) is 10.6 Å². The van der Waals surface area contributed by atoms with Gasteiger partial charge in [0.15, 0.2) is 0 Å². The zero-order valence-corrected chi connectivity index (χ0v) is 12.5. The number of nitrogens with one attached hydrogen (secondary N) is 2. The molecule has 0 aliphatic heterocycles. The molecule has 5 heteroatoms. The van der Waals surface area contributed by atoms with Gasteiger partial charge in [-0.3, -0.25) is 4.79 Å². The number of amides is 1. The number of carbonyl (C=O) groups excluding carboxylic acids is 1. The number of hydrogen-bond acceptors (Lipinski definition) is 2. The van der Waals surface area contributed by atoms with Crippen LogP contribution >= 0.6 is 11.6 Å². The fraction of sp³-hybridized carbons (Fsp3) is 0.188.